The van der Waals surface area contributed by atoms with Gasteiger partial charge in [0.25, 0.3) is 0 Å². The maximum Gasteiger partial charge on any atom is 0.156 e. The number of hydrogen-bond donors (Lipinski definition) is 1. The molecule has 0 fully saturated rings. The Balaban J connectivity index is 3.50. The second-order valence-corrected chi connectivity index (χ2v) is 3.94. The van der Waals surface area contributed by atoms with Crippen molar-refractivity contribution < 1.29 is 4.79 Å². The molecule has 0 saturated heterocycles. The van der Waals surface area contributed by atoms with Crippen LogP contribution in [0.5, 0.6) is 0 Å². The van der Waals surface area contributed by atoms with E-state index < -0.39 is 0 Å². The minimum Gasteiger partial charge on any atom is -0.313 e. The van der Waals surface area contributed by atoms with E-state index in [2.05, 4.69) is 0 Å². The van der Waals surface area contributed by atoms with Gasteiger partial charge in [0.15, 0.2) is 5.78 Å². The number of hydrogen-bond acceptors (Lipinski definition) is 3. The molecule has 0 amide bonds. The van der Waals surface area contributed by atoms with Gasteiger partial charge in [-0.15, -0.1) is 11.8 Å². The first-order chi connectivity index (χ1) is 4.04. The number of carbonyl (C=O) groups is 1. The molecule has 0 spiro atoms. The summed E-state index contributed by atoms with van der Waals surface area (Å²) in [5.74, 6) is 0.0497. The van der Waals surface area contributed by atoms with Crippen LogP contribution in [0.2, 0.25) is 0 Å². The van der Waals surface area contributed by atoms with E-state index >= 15 is 0 Å². The molecule has 0 aliphatic carbocycles. The molecule has 9 heavy (non-hydrogen) atoms. The highest BCUT2D eigenvalue weighted by Crippen LogP contribution is 2.12. The molecule has 0 aromatic carbocycles. The van der Waals surface area contributed by atoms with Crippen LogP contribution >= 0.6 is 11.8 Å². The molecule has 0 saturated carbocycles. The zero-order valence-corrected chi connectivity index (χ0v) is 6.87. The number of ketones is 1. The van der Waals surface area contributed by atoms with Crippen molar-refractivity contribution >= 4 is 17.5 Å². The first-order valence-corrected chi connectivity index (χ1v) is 3.90. The Labute approximate surface area is 60.2 Å². The summed E-state index contributed by atoms with van der Waals surface area (Å²) in [6.45, 7) is 5.56. The monoisotopic (exact) mass is 147 g/mol. The average molecular weight is 147 g/mol. The van der Waals surface area contributed by atoms with Crippen LogP contribution in [0.15, 0.2) is 0 Å². The van der Waals surface area contributed by atoms with Crippen LogP contribution < -0.4 is 5.73 Å². The summed E-state index contributed by atoms with van der Waals surface area (Å²) in [6.07, 6.45) is 0. The second kappa shape index (κ2) is 3.90. The van der Waals surface area contributed by atoms with Crippen molar-refractivity contribution in [2.24, 2.45) is 5.73 Å². The Morgan fingerprint density at radius 2 is 2.00 bits per heavy atom. The van der Waals surface area contributed by atoms with Gasteiger partial charge in [-0.05, 0) is 6.92 Å². The Hall–Kier alpha value is -0.0200. The minimum atomic E-state index is -0.329. The number of nitrogens with two attached hydrogens (primary N) is 1. The molecule has 3 heteroatoms. The predicted octanol–water partition coefficient (Wildman–Crippen LogP) is 1.00. The molecular formula is C6H13NOS. The topological polar surface area (TPSA) is 43.1 Å². The Bertz CT molecular complexity index is 103. The molecule has 2 N–H and O–H groups in total. The maximum atomic E-state index is 10.5. The summed E-state index contributed by atoms with van der Waals surface area (Å²) in [5.41, 5.74) is 5.43. The fraction of sp³-hybridized carbons (Fsp3) is 0.833. The third-order valence-electron chi connectivity index (χ3n) is 0.819. The van der Waals surface area contributed by atoms with E-state index in [0.717, 1.165) is 0 Å². The van der Waals surface area contributed by atoms with Gasteiger partial charge >= 0.3 is 0 Å². The lowest BCUT2D eigenvalue weighted by molar-refractivity contribution is -0.116. The third-order valence-corrected chi connectivity index (χ3v) is 1.99. The molecule has 2 nitrogen and oxygen atoms in total. The van der Waals surface area contributed by atoms with Gasteiger partial charge in [-0.3, -0.25) is 4.79 Å². The normalized spacial score (nSPS) is 13.9. The zero-order valence-electron chi connectivity index (χ0n) is 6.05. The number of rotatable bonds is 3. The standard InChI is InChI=1S/C6H13NOS/c1-4(2)9-6(7)5(3)8/h4,6H,7H2,1-3H3. The summed E-state index contributed by atoms with van der Waals surface area (Å²) in [6, 6.07) is 0. The van der Waals surface area contributed by atoms with E-state index in [1.807, 2.05) is 13.8 Å². The number of thioether (sulfide) groups is 1. The molecule has 0 aliphatic heterocycles. The molecule has 54 valence electrons. The van der Waals surface area contributed by atoms with E-state index in [0.29, 0.717) is 5.25 Å². The van der Waals surface area contributed by atoms with Crippen molar-refractivity contribution in [2.45, 2.75) is 31.4 Å². The SMILES string of the molecule is CC(=O)C(N)SC(C)C. The highest BCUT2D eigenvalue weighted by molar-refractivity contribution is 8.01. The molecule has 0 aromatic rings. The summed E-state index contributed by atoms with van der Waals surface area (Å²) < 4.78 is 0. The maximum absolute atomic E-state index is 10.5. The van der Waals surface area contributed by atoms with Crippen LogP contribution in [0.3, 0.4) is 0 Å². The van der Waals surface area contributed by atoms with Crippen LogP contribution in [0, 0.1) is 0 Å². The van der Waals surface area contributed by atoms with E-state index in [9.17, 15) is 4.79 Å². The van der Waals surface area contributed by atoms with Gasteiger partial charge in [-0.1, -0.05) is 13.8 Å². The van der Waals surface area contributed by atoms with Gasteiger partial charge in [0.2, 0.25) is 0 Å². The number of carbonyl (C=O) groups excluding carboxylic acids is 1. The predicted molar refractivity (Wildman–Crippen MR) is 41.4 cm³/mol. The smallest absolute Gasteiger partial charge is 0.156 e. The van der Waals surface area contributed by atoms with Crippen molar-refractivity contribution in [1.29, 1.82) is 0 Å². The van der Waals surface area contributed by atoms with Crippen molar-refractivity contribution in [3.05, 3.63) is 0 Å². The third kappa shape index (κ3) is 4.48. The van der Waals surface area contributed by atoms with Gasteiger partial charge in [0.1, 0.15) is 5.37 Å². The zero-order chi connectivity index (χ0) is 7.44. The van der Waals surface area contributed by atoms with E-state index in [4.69, 9.17) is 5.73 Å². The van der Waals surface area contributed by atoms with Crippen molar-refractivity contribution in [1.82, 2.24) is 0 Å². The molecule has 1 unspecified atom stereocenters. The molecule has 0 bridgehead atoms. The van der Waals surface area contributed by atoms with Gasteiger partial charge in [0.05, 0.1) is 0 Å². The molecule has 0 heterocycles. The Morgan fingerprint density at radius 3 is 2.11 bits per heavy atom. The van der Waals surface area contributed by atoms with Gasteiger partial charge in [0, 0.05) is 5.25 Å². The van der Waals surface area contributed by atoms with Crippen molar-refractivity contribution in [3.8, 4) is 0 Å². The first kappa shape index (κ1) is 8.98. The summed E-state index contributed by atoms with van der Waals surface area (Å²) in [5, 5.41) is 0.105. The second-order valence-electron chi connectivity index (χ2n) is 2.22. The van der Waals surface area contributed by atoms with Crippen LogP contribution in [-0.4, -0.2) is 16.4 Å². The largest absolute Gasteiger partial charge is 0.313 e. The summed E-state index contributed by atoms with van der Waals surface area (Å²) in [7, 11) is 0. The van der Waals surface area contributed by atoms with Crippen LogP contribution in [0.25, 0.3) is 0 Å². The fourth-order valence-electron chi connectivity index (χ4n) is 0.389. The van der Waals surface area contributed by atoms with Gasteiger partial charge < -0.3 is 5.73 Å². The molecular weight excluding hydrogens is 134 g/mol. The number of Topliss-reactive ketones (excluding diaryl/α,β-unsaturated/α-hetero) is 1. The lowest BCUT2D eigenvalue weighted by Crippen LogP contribution is -2.25. The Morgan fingerprint density at radius 1 is 1.56 bits per heavy atom. The van der Waals surface area contributed by atoms with Crippen LogP contribution in [-0.2, 0) is 4.79 Å². The summed E-state index contributed by atoms with van der Waals surface area (Å²) in [4.78, 5) is 10.5. The molecule has 1 atom stereocenters. The molecule has 0 rings (SSSR count). The van der Waals surface area contributed by atoms with Gasteiger partial charge in [-0.25, -0.2) is 0 Å². The minimum absolute atomic E-state index is 0.0497. The molecule has 0 radical (unpaired) electrons. The van der Waals surface area contributed by atoms with Crippen molar-refractivity contribution in [3.63, 3.8) is 0 Å². The van der Waals surface area contributed by atoms with Crippen LogP contribution in [0.4, 0.5) is 0 Å². The quantitative estimate of drug-likeness (QED) is 0.606. The summed E-state index contributed by atoms with van der Waals surface area (Å²) >= 11 is 1.49. The highest BCUT2D eigenvalue weighted by Gasteiger charge is 2.09. The lowest BCUT2D eigenvalue weighted by Gasteiger charge is -2.08. The van der Waals surface area contributed by atoms with E-state index in [1.54, 1.807) is 0 Å². The lowest BCUT2D eigenvalue weighted by atomic mass is 10.5. The average Bonchev–Trinajstić information content (AvgIpc) is 1.63. The fourth-order valence-corrected chi connectivity index (χ4v) is 1.17. The van der Waals surface area contributed by atoms with Crippen LogP contribution in [0.1, 0.15) is 20.8 Å². The molecule has 0 aliphatic rings. The highest BCUT2D eigenvalue weighted by atomic mass is 32.2. The molecule has 0 aromatic heterocycles. The van der Waals surface area contributed by atoms with Gasteiger partial charge in [-0.2, -0.15) is 0 Å². The van der Waals surface area contributed by atoms with Crippen molar-refractivity contribution in [2.75, 3.05) is 0 Å². The Kier molecular flexibility index (Phi) is 3.89. The first-order valence-electron chi connectivity index (χ1n) is 2.95. The van der Waals surface area contributed by atoms with E-state index in [1.165, 1.54) is 18.7 Å². The van der Waals surface area contributed by atoms with E-state index in [-0.39, 0.29) is 11.2 Å².